The van der Waals surface area contributed by atoms with E-state index in [-0.39, 0.29) is 18.9 Å². The Morgan fingerprint density at radius 1 is 1.22 bits per heavy atom. The third kappa shape index (κ3) is 4.68. The Balaban J connectivity index is 2.10. The van der Waals surface area contributed by atoms with Crippen LogP contribution in [0.2, 0.25) is 0 Å². The third-order valence-corrected chi connectivity index (χ3v) is 5.27. The summed E-state index contributed by atoms with van der Waals surface area (Å²) in [4.78, 5) is 14.0. The topological polar surface area (TPSA) is 66.9 Å². The lowest BCUT2D eigenvalue weighted by molar-refractivity contribution is -0.134. The second-order valence-electron chi connectivity index (χ2n) is 5.85. The van der Waals surface area contributed by atoms with Crippen LogP contribution in [0.5, 0.6) is 0 Å². The number of carbonyl (C=O) groups is 1. The number of benzene rings is 1. The molecule has 1 saturated heterocycles. The van der Waals surface area contributed by atoms with Gasteiger partial charge in [0, 0.05) is 26.1 Å². The van der Waals surface area contributed by atoms with Crippen LogP contribution in [0.15, 0.2) is 18.2 Å². The zero-order valence-corrected chi connectivity index (χ0v) is 14.7. The Bertz CT molecular complexity index is 667. The van der Waals surface area contributed by atoms with Gasteiger partial charge in [-0.15, -0.1) is 0 Å². The summed E-state index contributed by atoms with van der Waals surface area (Å²) in [7, 11) is -3.44. The monoisotopic (exact) mass is 340 g/mol. The Labute approximate surface area is 138 Å². The van der Waals surface area contributed by atoms with Crippen LogP contribution < -0.4 is 4.31 Å². The summed E-state index contributed by atoms with van der Waals surface area (Å²) in [6.07, 6.45) is 1.33. The normalized spacial score (nSPS) is 15.5. The molecule has 2 rings (SSSR count). The van der Waals surface area contributed by atoms with Crippen molar-refractivity contribution in [2.75, 3.05) is 43.4 Å². The fourth-order valence-corrected chi connectivity index (χ4v) is 3.45. The molecule has 6 nitrogen and oxygen atoms in total. The summed E-state index contributed by atoms with van der Waals surface area (Å²) < 4.78 is 30.7. The molecule has 1 amide bonds. The fourth-order valence-electron chi connectivity index (χ4n) is 2.54. The zero-order valence-electron chi connectivity index (χ0n) is 13.9. The number of hydrogen-bond acceptors (Lipinski definition) is 4. The number of rotatable bonds is 5. The molecule has 0 aliphatic carbocycles. The summed E-state index contributed by atoms with van der Waals surface area (Å²) in [5.74, 6) is -0.0363. The number of amides is 1. The summed E-state index contributed by atoms with van der Waals surface area (Å²) in [5.41, 5.74) is 2.73. The largest absolute Gasteiger partial charge is 0.378 e. The van der Waals surface area contributed by atoms with E-state index in [0.29, 0.717) is 32.0 Å². The van der Waals surface area contributed by atoms with E-state index >= 15 is 0 Å². The van der Waals surface area contributed by atoms with Crippen molar-refractivity contribution in [3.63, 3.8) is 0 Å². The summed E-state index contributed by atoms with van der Waals surface area (Å²) in [6, 6.07) is 5.52. The van der Waals surface area contributed by atoms with Crippen molar-refractivity contribution < 1.29 is 17.9 Å². The van der Waals surface area contributed by atoms with Crippen molar-refractivity contribution in [1.29, 1.82) is 0 Å². The van der Waals surface area contributed by atoms with Gasteiger partial charge in [0.2, 0.25) is 15.9 Å². The highest BCUT2D eigenvalue weighted by Gasteiger charge is 2.22. The first-order valence-corrected chi connectivity index (χ1v) is 9.54. The van der Waals surface area contributed by atoms with Crippen molar-refractivity contribution in [2.24, 2.45) is 0 Å². The van der Waals surface area contributed by atoms with E-state index in [1.165, 1.54) is 10.6 Å². The van der Waals surface area contributed by atoms with Crippen molar-refractivity contribution in [1.82, 2.24) is 4.90 Å². The number of morpholine rings is 1. The van der Waals surface area contributed by atoms with Crippen LogP contribution in [0, 0.1) is 13.8 Å². The molecule has 0 saturated carbocycles. The molecular weight excluding hydrogens is 316 g/mol. The average Bonchev–Trinajstić information content (AvgIpc) is 2.50. The first-order chi connectivity index (χ1) is 10.8. The van der Waals surface area contributed by atoms with E-state index in [1.54, 1.807) is 11.0 Å². The predicted molar refractivity (Wildman–Crippen MR) is 90.1 cm³/mol. The molecule has 1 aromatic carbocycles. The van der Waals surface area contributed by atoms with E-state index in [2.05, 4.69) is 0 Å². The fraction of sp³-hybridized carbons (Fsp3) is 0.562. The highest BCUT2D eigenvalue weighted by Crippen LogP contribution is 2.21. The predicted octanol–water partition coefficient (Wildman–Crippen LogP) is 1.32. The van der Waals surface area contributed by atoms with E-state index in [1.807, 2.05) is 26.0 Å². The molecule has 128 valence electrons. The number of sulfonamides is 1. The van der Waals surface area contributed by atoms with E-state index in [0.717, 1.165) is 11.1 Å². The molecule has 0 unspecified atom stereocenters. The first-order valence-electron chi connectivity index (χ1n) is 7.69. The zero-order chi connectivity index (χ0) is 17.0. The van der Waals surface area contributed by atoms with Gasteiger partial charge in [-0.3, -0.25) is 9.10 Å². The Morgan fingerprint density at radius 3 is 2.43 bits per heavy atom. The highest BCUT2D eigenvalue weighted by molar-refractivity contribution is 7.92. The van der Waals surface area contributed by atoms with Gasteiger partial charge in [-0.2, -0.15) is 0 Å². The van der Waals surface area contributed by atoms with Gasteiger partial charge in [-0.25, -0.2) is 8.42 Å². The minimum absolute atomic E-state index is 0.0363. The van der Waals surface area contributed by atoms with Gasteiger partial charge >= 0.3 is 0 Å². The van der Waals surface area contributed by atoms with Crippen LogP contribution in [0.3, 0.4) is 0 Å². The van der Waals surface area contributed by atoms with Crippen LogP contribution in [-0.2, 0) is 19.6 Å². The van der Waals surface area contributed by atoms with Crippen molar-refractivity contribution >= 4 is 21.6 Å². The molecule has 1 aromatic rings. The van der Waals surface area contributed by atoms with Crippen molar-refractivity contribution in [3.8, 4) is 0 Å². The van der Waals surface area contributed by atoms with Crippen LogP contribution in [0.1, 0.15) is 17.5 Å². The van der Waals surface area contributed by atoms with Gasteiger partial charge in [-0.1, -0.05) is 6.07 Å². The third-order valence-electron chi connectivity index (χ3n) is 4.07. The minimum Gasteiger partial charge on any atom is -0.378 e. The average molecular weight is 340 g/mol. The molecule has 0 N–H and O–H groups in total. The number of ether oxygens (including phenoxy) is 1. The lowest BCUT2D eigenvalue weighted by Gasteiger charge is -2.28. The molecular formula is C16H24N2O4S. The smallest absolute Gasteiger partial charge is 0.232 e. The molecule has 0 spiro atoms. The molecule has 0 atom stereocenters. The molecule has 0 radical (unpaired) electrons. The van der Waals surface area contributed by atoms with Gasteiger partial charge in [-0.05, 0) is 37.1 Å². The molecule has 0 aromatic heterocycles. The maximum atomic E-state index is 12.2. The van der Waals surface area contributed by atoms with E-state index in [9.17, 15) is 13.2 Å². The number of nitrogens with zero attached hydrogens (tertiary/aromatic N) is 2. The Kier molecular flexibility index (Phi) is 5.64. The van der Waals surface area contributed by atoms with Crippen LogP contribution >= 0.6 is 0 Å². The second-order valence-corrected chi connectivity index (χ2v) is 7.75. The number of aryl methyl sites for hydroxylation is 2. The quantitative estimate of drug-likeness (QED) is 0.811. The lowest BCUT2D eigenvalue weighted by Crippen LogP contribution is -2.42. The van der Waals surface area contributed by atoms with Crippen molar-refractivity contribution in [3.05, 3.63) is 29.3 Å². The van der Waals surface area contributed by atoms with Crippen LogP contribution in [-0.4, -0.2) is 58.3 Å². The summed E-state index contributed by atoms with van der Waals surface area (Å²) in [6.45, 7) is 6.29. The number of hydrogen-bond donors (Lipinski definition) is 0. The number of carbonyl (C=O) groups excluding carboxylic acids is 1. The molecule has 1 fully saturated rings. The van der Waals surface area contributed by atoms with Gasteiger partial charge in [0.25, 0.3) is 0 Å². The van der Waals surface area contributed by atoms with E-state index < -0.39 is 10.0 Å². The molecule has 0 bridgehead atoms. The van der Waals surface area contributed by atoms with Gasteiger partial charge in [0.1, 0.15) is 0 Å². The van der Waals surface area contributed by atoms with Crippen LogP contribution in [0.25, 0.3) is 0 Å². The molecule has 1 aliphatic rings. The Hall–Kier alpha value is -1.60. The molecule has 7 heteroatoms. The van der Waals surface area contributed by atoms with Crippen molar-refractivity contribution in [2.45, 2.75) is 20.3 Å². The second kappa shape index (κ2) is 7.31. The van der Waals surface area contributed by atoms with E-state index in [4.69, 9.17) is 4.74 Å². The molecule has 1 heterocycles. The number of anilines is 1. The minimum atomic E-state index is -3.44. The first kappa shape index (κ1) is 17.7. The van der Waals surface area contributed by atoms with Crippen LogP contribution in [0.4, 0.5) is 5.69 Å². The summed E-state index contributed by atoms with van der Waals surface area (Å²) >= 11 is 0. The summed E-state index contributed by atoms with van der Waals surface area (Å²) in [5, 5.41) is 0. The Morgan fingerprint density at radius 2 is 1.87 bits per heavy atom. The maximum absolute atomic E-state index is 12.2. The standard InChI is InChI=1S/C16H24N2O4S/c1-13-4-5-15(12-14(13)2)18(23(3,20)21)7-6-16(19)17-8-10-22-11-9-17/h4-5,12H,6-11H2,1-3H3. The van der Waals surface area contributed by atoms with Gasteiger partial charge < -0.3 is 9.64 Å². The SMILES string of the molecule is Cc1ccc(N(CCC(=O)N2CCOCC2)S(C)(=O)=O)cc1C. The highest BCUT2D eigenvalue weighted by atomic mass is 32.2. The van der Waals surface area contributed by atoms with Gasteiger partial charge in [0.05, 0.1) is 25.2 Å². The molecule has 1 aliphatic heterocycles. The molecule has 23 heavy (non-hydrogen) atoms. The lowest BCUT2D eigenvalue weighted by atomic mass is 10.1. The van der Waals surface area contributed by atoms with Gasteiger partial charge in [0.15, 0.2) is 0 Å². The maximum Gasteiger partial charge on any atom is 0.232 e.